The highest BCUT2D eigenvalue weighted by molar-refractivity contribution is 7.92. The first kappa shape index (κ1) is 35.9. The Hall–Kier alpha value is -2.07. The van der Waals surface area contributed by atoms with E-state index in [1.807, 2.05) is 0 Å². The fraction of sp³-hybridized carbons (Fsp3) is 0.800. The third-order valence-electron chi connectivity index (χ3n) is 4.24. The molecule has 23 heteroatoms. The number of sulfone groups is 1. The summed E-state index contributed by atoms with van der Waals surface area (Å²) >= 11 is 0. The molecule has 0 aliphatic heterocycles. The third kappa shape index (κ3) is 5.35. The second kappa shape index (κ2) is 10.2. The maximum Gasteiger partial charge on any atom is 0.460 e. The summed E-state index contributed by atoms with van der Waals surface area (Å²) < 4.78 is 251. The van der Waals surface area contributed by atoms with Gasteiger partial charge in [-0.1, -0.05) is 6.58 Å². The Morgan fingerprint density at radius 3 is 1.37 bits per heavy atom. The van der Waals surface area contributed by atoms with Crippen molar-refractivity contribution in [3.63, 3.8) is 0 Å². The van der Waals surface area contributed by atoms with Crippen LogP contribution in [0, 0.1) is 0 Å². The predicted octanol–water partition coefficient (Wildman–Crippen LogP) is 5.03. The van der Waals surface area contributed by atoms with Crippen molar-refractivity contribution in [2.24, 2.45) is 0 Å². The van der Waals surface area contributed by atoms with Crippen molar-refractivity contribution < 1.29 is 92.6 Å². The second-order valence-corrected chi connectivity index (χ2v) is 9.17. The first-order valence-electron chi connectivity index (χ1n) is 8.80. The van der Waals surface area contributed by atoms with Crippen molar-refractivity contribution in [1.29, 1.82) is 0 Å². The minimum absolute atomic E-state index is 0.276. The molecular formula is C15H12F17NO4S. The van der Waals surface area contributed by atoms with Crippen LogP contribution < -0.4 is 5.32 Å². The van der Waals surface area contributed by atoms with Crippen LogP contribution in [-0.4, -0.2) is 80.4 Å². The number of halogens is 17. The molecule has 0 amide bonds. The average molecular weight is 625 g/mol. The SMILES string of the molecule is C=C(C)C(=O)OCCNCS(=O)(=O)C(F)(F)C(F)(F)C(F)(F)C(F)(F)C(F)(F)C(F)(F)C(F)(F)C(F)(F)F. The zero-order chi connectivity index (χ0) is 31.2. The van der Waals surface area contributed by atoms with E-state index in [4.69, 9.17) is 0 Å². The molecule has 0 saturated carbocycles. The van der Waals surface area contributed by atoms with E-state index in [1.165, 1.54) is 5.32 Å². The van der Waals surface area contributed by atoms with Gasteiger partial charge in [-0.3, -0.25) is 0 Å². The molecule has 0 unspecified atom stereocenters. The highest BCUT2D eigenvalue weighted by Crippen LogP contribution is 2.64. The van der Waals surface area contributed by atoms with E-state index in [-0.39, 0.29) is 5.57 Å². The Balaban J connectivity index is 6.33. The molecule has 1 N–H and O–H groups in total. The van der Waals surface area contributed by atoms with E-state index in [2.05, 4.69) is 11.3 Å². The summed E-state index contributed by atoms with van der Waals surface area (Å²) in [6.07, 6.45) is -7.90. The number of rotatable bonds is 13. The van der Waals surface area contributed by atoms with Gasteiger partial charge >= 0.3 is 52.9 Å². The summed E-state index contributed by atoms with van der Waals surface area (Å²) in [5.41, 5.74) is -0.276. The van der Waals surface area contributed by atoms with E-state index < -0.39 is 81.8 Å². The van der Waals surface area contributed by atoms with Crippen LogP contribution >= 0.6 is 0 Å². The largest absolute Gasteiger partial charge is 0.461 e. The monoisotopic (exact) mass is 625 g/mol. The van der Waals surface area contributed by atoms with Crippen LogP contribution in [0.3, 0.4) is 0 Å². The zero-order valence-corrected chi connectivity index (χ0v) is 18.6. The number of alkyl halides is 17. The minimum Gasteiger partial charge on any atom is -0.461 e. The fourth-order valence-corrected chi connectivity index (χ4v) is 3.09. The Morgan fingerprint density at radius 2 is 1.03 bits per heavy atom. The molecule has 0 spiro atoms. The molecule has 0 aliphatic rings. The topological polar surface area (TPSA) is 72.5 Å². The molecule has 0 heterocycles. The van der Waals surface area contributed by atoms with Gasteiger partial charge in [-0.2, -0.15) is 74.6 Å². The van der Waals surface area contributed by atoms with Gasteiger partial charge in [0.05, 0.1) is 0 Å². The maximum absolute atomic E-state index is 13.8. The lowest BCUT2D eigenvalue weighted by Gasteiger charge is -2.42. The first-order chi connectivity index (χ1) is 16.3. The standard InChI is InChI=1S/C15H12F17NO4S/c1-6(2)7(34)37-4-3-33-5-38(35,36)15(31,32)13(26,27)11(22,23)9(18,19)8(16,17)10(20,21)12(24,25)14(28,29)30/h33H,1,3-5H2,2H3. The van der Waals surface area contributed by atoms with Crippen LogP contribution in [-0.2, 0) is 19.4 Å². The van der Waals surface area contributed by atoms with Gasteiger partial charge in [0.2, 0.25) is 9.84 Å². The van der Waals surface area contributed by atoms with Crippen molar-refractivity contribution in [3.8, 4) is 0 Å². The Labute approximate surface area is 199 Å². The van der Waals surface area contributed by atoms with E-state index in [9.17, 15) is 87.8 Å². The van der Waals surface area contributed by atoms with Crippen molar-refractivity contribution in [2.45, 2.75) is 53.9 Å². The number of nitrogens with one attached hydrogen (secondary N) is 1. The summed E-state index contributed by atoms with van der Waals surface area (Å²) in [5, 5.41) is -6.34. The number of ether oxygens (including phenoxy) is 1. The van der Waals surface area contributed by atoms with Crippen molar-refractivity contribution in [1.82, 2.24) is 5.32 Å². The first-order valence-corrected chi connectivity index (χ1v) is 10.4. The predicted molar refractivity (Wildman–Crippen MR) is 88.2 cm³/mol. The second-order valence-electron chi connectivity index (χ2n) is 7.14. The Morgan fingerprint density at radius 1 is 0.684 bits per heavy atom. The summed E-state index contributed by atoms with van der Waals surface area (Å²) in [5.74, 6) is -55.6. The number of hydrogen-bond donors (Lipinski definition) is 1. The van der Waals surface area contributed by atoms with Crippen LogP contribution in [0.5, 0.6) is 0 Å². The van der Waals surface area contributed by atoms with Gasteiger partial charge in [0, 0.05) is 12.1 Å². The van der Waals surface area contributed by atoms with Crippen molar-refractivity contribution >= 4 is 15.8 Å². The molecule has 0 fully saturated rings. The molecule has 0 aromatic carbocycles. The lowest BCUT2D eigenvalue weighted by Crippen LogP contribution is -2.75. The average Bonchev–Trinajstić information content (AvgIpc) is 2.71. The van der Waals surface area contributed by atoms with Crippen LogP contribution in [0.4, 0.5) is 74.6 Å². The van der Waals surface area contributed by atoms with Crippen molar-refractivity contribution in [3.05, 3.63) is 12.2 Å². The molecule has 0 aliphatic carbocycles. The molecule has 0 radical (unpaired) electrons. The molecule has 5 nitrogen and oxygen atoms in total. The number of esters is 1. The fourth-order valence-electron chi connectivity index (χ4n) is 1.98. The highest BCUT2D eigenvalue weighted by atomic mass is 32.2. The van der Waals surface area contributed by atoms with E-state index in [0.29, 0.717) is 0 Å². The van der Waals surface area contributed by atoms with E-state index >= 15 is 0 Å². The Kier molecular flexibility index (Phi) is 9.60. The molecule has 0 saturated heterocycles. The highest BCUT2D eigenvalue weighted by Gasteiger charge is 2.96. The van der Waals surface area contributed by atoms with E-state index in [1.54, 1.807) is 0 Å². The molecule has 38 heavy (non-hydrogen) atoms. The third-order valence-corrected chi connectivity index (χ3v) is 5.86. The summed E-state index contributed by atoms with van der Waals surface area (Å²) in [7, 11) is -7.24. The van der Waals surface area contributed by atoms with Crippen LogP contribution in [0.25, 0.3) is 0 Å². The molecule has 0 aromatic heterocycles. The maximum atomic E-state index is 13.8. The molecule has 226 valence electrons. The summed E-state index contributed by atoms with van der Waals surface area (Å²) in [6, 6.07) is 0. The lowest BCUT2D eigenvalue weighted by molar-refractivity contribution is -0.458. The number of carbonyl (C=O) groups is 1. The van der Waals surface area contributed by atoms with Gasteiger partial charge < -0.3 is 10.1 Å². The van der Waals surface area contributed by atoms with Crippen molar-refractivity contribution in [2.75, 3.05) is 19.0 Å². The summed E-state index contributed by atoms with van der Waals surface area (Å²) in [6.45, 7) is 2.10. The molecule has 0 atom stereocenters. The van der Waals surface area contributed by atoms with Crippen LogP contribution in [0.1, 0.15) is 6.92 Å². The lowest BCUT2D eigenvalue weighted by atomic mass is 9.91. The molecule has 0 aromatic rings. The molecule has 0 bridgehead atoms. The van der Waals surface area contributed by atoms with Gasteiger partial charge in [0.1, 0.15) is 12.5 Å². The Bertz CT molecular complexity index is 1000. The number of carbonyl (C=O) groups excluding carboxylic acids is 1. The van der Waals surface area contributed by atoms with Crippen LogP contribution in [0.2, 0.25) is 0 Å². The van der Waals surface area contributed by atoms with E-state index in [0.717, 1.165) is 6.92 Å². The molecule has 0 rings (SSSR count). The van der Waals surface area contributed by atoms with Gasteiger partial charge in [-0.25, -0.2) is 13.2 Å². The van der Waals surface area contributed by atoms with Gasteiger partial charge in [-0.15, -0.1) is 0 Å². The zero-order valence-electron chi connectivity index (χ0n) is 17.8. The minimum atomic E-state index is -8.88. The van der Waals surface area contributed by atoms with Crippen LogP contribution in [0.15, 0.2) is 12.2 Å². The molecular weight excluding hydrogens is 613 g/mol. The van der Waals surface area contributed by atoms with Gasteiger partial charge in [0.15, 0.2) is 0 Å². The van der Waals surface area contributed by atoms with Gasteiger partial charge in [-0.05, 0) is 6.92 Å². The quantitative estimate of drug-likeness (QED) is 0.135. The summed E-state index contributed by atoms with van der Waals surface area (Å²) in [4.78, 5) is 11.0. The van der Waals surface area contributed by atoms with Gasteiger partial charge in [0.25, 0.3) is 0 Å². The smallest absolute Gasteiger partial charge is 0.460 e. The normalized spacial score (nSPS) is 15.4. The number of hydrogen-bond acceptors (Lipinski definition) is 5.